The highest BCUT2D eigenvalue weighted by Gasteiger charge is 2.32. The van der Waals surface area contributed by atoms with E-state index in [1.54, 1.807) is 17.9 Å². The van der Waals surface area contributed by atoms with Gasteiger partial charge >= 0.3 is 0 Å². The lowest BCUT2D eigenvalue weighted by atomic mass is 10.0. The quantitative estimate of drug-likeness (QED) is 0.464. The van der Waals surface area contributed by atoms with Crippen LogP contribution in [0.1, 0.15) is 48.6 Å². The van der Waals surface area contributed by atoms with Gasteiger partial charge in [0.1, 0.15) is 11.9 Å². The maximum atomic E-state index is 14.2. The number of rotatable bonds is 6. The van der Waals surface area contributed by atoms with Crippen molar-refractivity contribution in [3.05, 3.63) is 70.1 Å². The minimum Gasteiger partial charge on any atom is -0.507 e. The molecule has 0 saturated carbocycles. The average Bonchev–Trinajstić information content (AvgIpc) is 2.72. The van der Waals surface area contributed by atoms with E-state index in [9.17, 15) is 31.1 Å². The molecule has 2 aromatic rings. The lowest BCUT2D eigenvalue weighted by Crippen LogP contribution is -2.30. The van der Waals surface area contributed by atoms with Gasteiger partial charge in [0, 0.05) is 23.2 Å². The highest BCUT2D eigenvalue weighted by molar-refractivity contribution is 7.89. The lowest BCUT2D eigenvalue weighted by molar-refractivity contribution is 0.116. The van der Waals surface area contributed by atoms with E-state index in [0.717, 1.165) is 13.3 Å². The SMILES string of the molecule is C=C1OC(C)c2c(ccc(CS(=O)(=O)Cc3c(F)c(F)c(C)c(F)c3F)c2O)N1CCC. The summed E-state index contributed by atoms with van der Waals surface area (Å²) in [5.41, 5.74) is -1.17. The monoisotopic (exact) mass is 473 g/mol. The Morgan fingerprint density at radius 3 is 2.25 bits per heavy atom. The molecule has 0 fully saturated rings. The van der Waals surface area contributed by atoms with Crippen LogP contribution in [0.25, 0.3) is 0 Å². The number of halogens is 4. The van der Waals surface area contributed by atoms with E-state index in [2.05, 4.69) is 6.58 Å². The second-order valence-electron chi connectivity index (χ2n) is 7.70. The number of hydrogen-bond acceptors (Lipinski definition) is 5. The maximum Gasteiger partial charge on any atom is 0.187 e. The summed E-state index contributed by atoms with van der Waals surface area (Å²) in [5, 5.41) is 10.8. The van der Waals surface area contributed by atoms with Crippen LogP contribution in [-0.4, -0.2) is 20.1 Å². The van der Waals surface area contributed by atoms with E-state index >= 15 is 0 Å². The smallest absolute Gasteiger partial charge is 0.187 e. The molecule has 0 aromatic heterocycles. The van der Waals surface area contributed by atoms with Gasteiger partial charge in [-0.3, -0.25) is 0 Å². The molecule has 0 saturated heterocycles. The molecule has 1 aliphatic rings. The summed E-state index contributed by atoms with van der Waals surface area (Å²) in [6, 6.07) is 2.98. The van der Waals surface area contributed by atoms with Gasteiger partial charge in [0.15, 0.2) is 39.0 Å². The van der Waals surface area contributed by atoms with Crippen LogP contribution >= 0.6 is 0 Å². The number of aromatic hydroxyl groups is 1. The summed E-state index contributed by atoms with van der Waals surface area (Å²) < 4.78 is 86.9. The third-order valence-corrected chi connectivity index (χ3v) is 6.83. The van der Waals surface area contributed by atoms with Gasteiger partial charge in [-0.15, -0.1) is 0 Å². The van der Waals surface area contributed by atoms with Crippen LogP contribution in [0, 0.1) is 30.2 Å². The topological polar surface area (TPSA) is 66.8 Å². The molecule has 1 atom stereocenters. The molecule has 0 aliphatic carbocycles. The van der Waals surface area contributed by atoms with Crippen molar-refractivity contribution in [3.63, 3.8) is 0 Å². The standard InChI is InChI=1S/C22H23F4NO4S/c1-5-8-27-13(4)31-12(3)17-16(27)7-6-14(22(17)28)9-32(29,30)10-15-20(25)18(23)11(2)19(24)21(15)26/h6-7,12,28H,4-5,8-10H2,1-3H3. The fourth-order valence-corrected chi connectivity index (χ4v) is 5.25. The molecule has 2 aromatic carbocycles. The second kappa shape index (κ2) is 8.65. The molecule has 3 rings (SSSR count). The number of benzene rings is 2. The van der Waals surface area contributed by atoms with Crippen molar-refractivity contribution in [1.29, 1.82) is 0 Å². The fraction of sp³-hybridized carbons (Fsp3) is 0.364. The zero-order valence-corrected chi connectivity index (χ0v) is 18.6. The maximum absolute atomic E-state index is 14.2. The normalized spacial score (nSPS) is 16.2. The fourth-order valence-electron chi connectivity index (χ4n) is 3.75. The van der Waals surface area contributed by atoms with Crippen LogP contribution in [0.5, 0.6) is 5.75 Å². The highest BCUT2D eigenvalue weighted by Crippen LogP contribution is 2.44. The first-order chi connectivity index (χ1) is 14.9. The first kappa shape index (κ1) is 23.9. The van der Waals surface area contributed by atoms with Gasteiger partial charge in [-0.25, -0.2) is 26.0 Å². The predicted octanol–water partition coefficient (Wildman–Crippen LogP) is 5.15. The molecule has 10 heteroatoms. The van der Waals surface area contributed by atoms with Crippen molar-refractivity contribution >= 4 is 15.5 Å². The Bertz CT molecular complexity index is 1170. The second-order valence-corrected chi connectivity index (χ2v) is 9.77. The summed E-state index contributed by atoms with van der Waals surface area (Å²) in [5.74, 6) is -8.83. The Hall–Kier alpha value is -2.75. The lowest BCUT2D eigenvalue weighted by Gasteiger charge is -2.36. The molecule has 1 aliphatic heterocycles. The number of sulfone groups is 1. The van der Waals surface area contributed by atoms with E-state index in [1.807, 2.05) is 6.92 Å². The first-order valence-corrected chi connectivity index (χ1v) is 11.7. The number of nitrogens with zero attached hydrogens (tertiary/aromatic N) is 1. The molecule has 0 bridgehead atoms. The molecule has 0 amide bonds. The molecular formula is C22H23F4NO4S. The third kappa shape index (κ3) is 4.15. The zero-order chi connectivity index (χ0) is 24.0. The van der Waals surface area contributed by atoms with Gasteiger partial charge in [0.05, 0.1) is 22.8 Å². The third-order valence-electron chi connectivity index (χ3n) is 5.35. The van der Waals surface area contributed by atoms with Crippen LogP contribution in [0.4, 0.5) is 23.2 Å². The summed E-state index contributed by atoms with van der Waals surface area (Å²) in [4.78, 5) is 1.75. The predicted molar refractivity (Wildman–Crippen MR) is 112 cm³/mol. The largest absolute Gasteiger partial charge is 0.507 e. The minimum atomic E-state index is -4.33. The number of ether oxygens (including phenoxy) is 1. The van der Waals surface area contributed by atoms with Crippen LogP contribution in [-0.2, 0) is 26.1 Å². The van der Waals surface area contributed by atoms with Gasteiger partial charge in [0.2, 0.25) is 0 Å². The Morgan fingerprint density at radius 1 is 1.09 bits per heavy atom. The zero-order valence-electron chi connectivity index (χ0n) is 17.8. The Morgan fingerprint density at radius 2 is 1.69 bits per heavy atom. The minimum absolute atomic E-state index is 0.0305. The van der Waals surface area contributed by atoms with Crippen LogP contribution < -0.4 is 4.90 Å². The summed E-state index contributed by atoms with van der Waals surface area (Å²) in [6.45, 7) is 8.86. The Balaban J connectivity index is 1.98. The molecule has 1 N–H and O–H groups in total. The van der Waals surface area contributed by atoms with Gasteiger partial charge in [-0.05, 0) is 32.9 Å². The summed E-state index contributed by atoms with van der Waals surface area (Å²) in [7, 11) is -4.33. The number of anilines is 1. The molecule has 0 radical (unpaired) electrons. The van der Waals surface area contributed by atoms with Gasteiger partial charge in [-0.1, -0.05) is 13.0 Å². The van der Waals surface area contributed by atoms with Gasteiger partial charge in [0.25, 0.3) is 0 Å². The van der Waals surface area contributed by atoms with Crippen molar-refractivity contribution in [2.45, 2.75) is 44.8 Å². The van der Waals surface area contributed by atoms with Crippen molar-refractivity contribution in [2.24, 2.45) is 0 Å². The molecule has 5 nitrogen and oxygen atoms in total. The van der Waals surface area contributed by atoms with Crippen LogP contribution in [0.2, 0.25) is 0 Å². The number of phenolic OH excluding ortho intramolecular Hbond substituents is 1. The van der Waals surface area contributed by atoms with E-state index in [1.165, 1.54) is 6.07 Å². The highest BCUT2D eigenvalue weighted by atomic mass is 32.2. The molecule has 0 spiro atoms. The van der Waals surface area contributed by atoms with E-state index in [-0.39, 0.29) is 11.3 Å². The van der Waals surface area contributed by atoms with E-state index in [4.69, 9.17) is 4.74 Å². The van der Waals surface area contributed by atoms with Crippen molar-refractivity contribution < 1.29 is 35.8 Å². The first-order valence-electron chi connectivity index (χ1n) is 9.89. The molecule has 174 valence electrons. The Kier molecular flexibility index (Phi) is 6.46. The van der Waals surface area contributed by atoms with Gasteiger partial charge in [-0.2, -0.15) is 0 Å². The Labute approximate surface area is 183 Å². The average molecular weight is 473 g/mol. The van der Waals surface area contributed by atoms with E-state index < -0.39 is 61.8 Å². The number of phenols is 1. The number of hydrogen-bond donors (Lipinski definition) is 1. The summed E-state index contributed by atoms with van der Waals surface area (Å²) >= 11 is 0. The molecule has 1 heterocycles. The van der Waals surface area contributed by atoms with Crippen molar-refractivity contribution in [1.82, 2.24) is 0 Å². The molecular weight excluding hydrogens is 450 g/mol. The van der Waals surface area contributed by atoms with Crippen LogP contribution in [0.15, 0.2) is 24.6 Å². The summed E-state index contributed by atoms with van der Waals surface area (Å²) in [6.07, 6.45) is 0.136. The number of fused-ring (bicyclic) bond motifs is 1. The van der Waals surface area contributed by atoms with Crippen molar-refractivity contribution in [3.8, 4) is 5.75 Å². The molecule has 1 unspecified atom stereocenters. The molecule has 32 heavy (non-hydrogen) atoms. The van der Waals surface area contributed by atoms with Crippen LogP contribution in [0.3, 0.4) is 0 Å². The van der Waals surface area contributed by atoms with Crippen molar-refractivity contribution in [2.75, 3.05) is 11.4 Å². The van der Waals surface area contributed by atoms with E-state index in [0.29, 0.717) is 23.7 Å². The van der Waals surface area contributed by atoms with Gasteiger partial charge < -0.3 is 14.7 Å².